The van der Waals surface area contributed by atoms with E-state index in [9.17, 15) is 9.59 Å². The summed E-state index contributed by atoms with van der Waals surface area (Å²) in [6.07, 6.45) is 2.13. The number of carboxylic acid groups (broad SMARTS) is 1. The maximum atomic E-state index is 12.0. The predicted molar refractivity (Wildman–Crippen MR) is 70.0 cm³/mol. The number of aryl methyl sites for hydroxylation is 2. The summed E-state index contributed by atoms with van der Waals surface area (Å²) in [6, 6.07) is -0.820. The Balaban J connectivity index is 2.72. The summed E-state index contributed by atoms with van der Waals surface area (Å²) in [7, 11) is 0. The molecular formula is C12H18N2O3S. The number of thiazole rings is 1. The highest BCUT2D eigenvalue weighted by Gasteiger charge is 2.22. The van der Waals surface area contributed by atoms with E-state index in [1.165, 1.54) is 11.3 Å². The molecule has 0 saturated carbocycles. The molecule has 5 nitrogen and oxygen atoms in total. The number of hydrogen-bond acceptors (Lipinski definition) is 4. The van der Waals surface area contributed by atoms with Crippen molar-refractivity contribution in [3.8, 4) is 0 Å². The van der Waals surface area contributed by atoms with Gasteiger partial charge >= 0.3 is 5.97 Å². The molecule has 100 valence electrons. The molecule has 1 rings (SSSR count). The number of amides is 1. The molecule has 0 spiro atoms. The third kappa shape index (κ3) is 3.80. The van der Waals surface area contributed by atoms with Crippen molar-refractivity contribution in [2.45, 2.75) is 46.1 Å². The Labute approximate surface area is 110 Å². The molecule has 18 heavy (non-hydrogen) atoms. The summed E-state index contributed by atoms with van der Waals surface area (Å²) in [6.45, 7) is 5.55. The van der Waals surface area contributed by atoms with Crippen LogP contribution < -0.4 is 5.32 Å². The highest BCUT2D eigenvalue weighted by Crippen LogP contribution is 2.17. The van der Waals surface area contributed by atoms with Gasteiger partial charge in [0.15, 0.2) is 0 Å². The Bertz CT molecular complexity index is 443. The molecule has 1 aromatic heterocycles. The van der Waals surface area contributed by atoms with Crippen LogP contribution in [-0.2, 0) is 4.79 Å². The fourth-order valence-corrected chi connectivity index (χ4v) is 2.45. The Kier molecular flexibility index (Phi) is 5.27. The standard InChI is InChI=1S/C12H18N2O3S/c1-4-5-6-9(12(16)17)14-11(15)10-7(2)13-8(3)18-10/h9H,4-6H2,1-3H3,(H,14,15)(H,16,17)/t9-/m0/s1. The van der Waals surface area contributed by atoms with Crippen LogP contribution in [0.5, 0.6) is 0 Å². The van der Waals surface area contributed by atoms with Crippen molar-refractivity contribution in [3.63, 3.8) is 0 Å². The smallest absolute Gasteiger partial charge is 0.326 e. The lowest BCUT2D eigenvalue weighted by Gasteiger charge is -2.13. The van der Waals surface area contributed by atoms with E-state index in [4.69, 9.17) is 5.11 Å². The molecule has 1 amide bonds. The van der Waals surface area contributed by atoms with Gasteiger partial charge in [0.25, 0.3) is 5.91 Å². The Hall–Kier alpha value is -1.43. The largest absolute Gasteiger partial charge is 0.480 e. The average molecular weight is 270 g/mol. The zero-order chi connectivity index (χ0) is 13.7. The maximum absolute atomic E-state index is 12.0. The second-order valence-corrected chi connectivity index (χ2v) is 5.36. The molecule has 6 heteroatoms. The average Bonchev–Trinajstić information content (AvgIpc) is 2.63. The number of nitrogens with zero attached hydrogens (tertiary/aromatic N) is 1. The van der Waals surface area contributed by atoms with Gasteiger partial charge in [-0.15, -0.1) is 11.3 Å². The zero-order valence-corrected chi connectivity index (χ0v) is 11.6. The summed E-state index contributed by atoms with van der Waals surface area (Å²) in [4.78, 5) is 27.6. The van der Waals surface area contributed by atoms with Crippen LogP contribution in [0.2, 0.25) is 0 Å². The maximum Gasteiger partial charge on any atom is 0.326 e. The highest BCUT2D eigenvalue weighted by molar-refractivity contribution is 7.13. The number of hydrogen-bond donors (Lipinski definition) is 2. The molecule has 0 radical (unpaired) electrons. The molecule has 0 aliphatic carbocycles. The van der Waals surface area contributed by atoms with Crippen LogP contribution in [0.4, 0.5) is 0 Å². The summed E-state index contributed by atoms with van der Waals surface area (Å²) in [5.74, 6) is -1.34. The number of aromatic nitrogens is 1. The second kappa shape index (κ2) is 6.49. The van der Waals surface area contributed by atoms with Crippen LogP contribution in [0, 0.1) is 13.8 Å². The molecule has 0 aliphatic heterocycles. The monoisotopic (exact) mass is 270 g/mol. The number of unbranched alkanes of at least 4 members (excludes halogenated alkanes) is 1. The van der Waals surface area contributed by atoms with Crippen molar-refractivity contribution in [1.82, 2.24) is 10.3 Å². The van der Waals surface area contributed by atoms with E-state index in [2.05, 4.69) is 10.3 Å². The number of nitrogens with one attached hydrogen (secondary N) is 1. The summed E-state index contributed by atoms with van der Waals surface area (Å²) in [5.41, 5.74) is 0.648. The number of rotatable bonds is 6. The van der Waals surface area contributed by atoms with Crippen molar-refractivity contribution >= 4 is 23.2 Å². The van der Waals surface area contributed by atoms with Crippen molar-refractivity contribution in [2.24, 2.45) is 0 Å². The van der Waals surface area contributed by atoms with Crippen LogP contribution >= 0.6 is 11.3 Å². The van der Waals surface area contributed by atoms with E-state index < -0.39 is 12.0 Å². The predicted octanol–water partition coefficient (Wildman–Crippen LogP) is 2.13. The molecular weight excluding hydrogens is 252 g/mol. The van der Waals surface area contributed by atoms with E-state index in [-0.39, 0.29) is 5.91 Å². The van der Waals surface area contributed by atoms with Gasteiger partial charge in [0, 0.05) is 0 Å². The van der Waals surface area contributed by atoms with Gasteiger partial charge in [-0.05, 0) is 20.3 Å². The number of carbonyl (C=O) groups is 2. The quantitative estimate of drug-likeness (QED) is 0.830. The third-order valence-electron chi connectivity index (χ3n) is 2.56. The molecule has 1 aromatic rings. The molecule has 0 unspecified atom stereocenters. The van der Waals surface area contributed by atoms with Gasteiger partial charge in [-0.1, -0.05) is 19.8 Å². The van der Waals surface area contributed by atoms with Gasteiger partial charge in [-0.2, -0.15) is 0 Å². The summed E-state index contributed by atoms with van der Waals surface area (Å²) >= 11 is 1.28. The Morgan fingerprint density at radius 3 is 2.56 bits per heavy atom. The van der Waals surface area contributed by atoms with Gasteiger partial charge in [-0.25, -0.2) is 9.78 Å². The molecule has 0 fully saturated rings. The molecule has 0 aromatic carbocycles. The van der Waals surface area contributed by atoms with Crippen molar-refractivity contribution in [2.75, 3.05) is 0 Å². The zero-order valence-electron chi connectivity index (χ0n) is 10.8. The lowest BCUT2D eigenvalue weighted by molar-refractivity contribution is -0.139. The van der Waals surface area contributed by atoms with Gasteiger partial charge in [0.05, 0.1) is 10.7 Å². The van der Waals surface area contributed by atoms with Gasteiger partial charge in [0.1, 0.15) is 10.9 Å². The molecule has 0 saturated heterocycles. The first-order valence-electron chi connectivity index (χ1n) is 5.93. The van der Waals surface area contributed by atoms with Crippen LogP contribution in [-0.4, -0.2) is 28.0 Å². The second-order valence-electron chi connectivity index (χ2n) is 4.15. The Morgan fingerprint density at radius 1 is 1.44 bits per heavy atom. The topological polar surface area (TPSA) is 79.3 Å². The summed E-state index contributed by atoms with van der Waals surface area (Å²) in [5, 5.41) is 12.4. The molecule has 2 N–H and O–H groups in total. The lowest BCUT2D eigenvalue weighted by atomic mass is 10.1. The van der Waals surface area contributed by atoms with Gasteiger partial charge in [0.2, 0.25) is 0 Å². The van der Waals surface area contributed by atoms with E-state index in [0.29, 0.717) is 17.0 Å². The number of carbonyl (C=O) groups excluding carboxylic acids is 1. The van der Waals surface area contributed by atoms with Gasteiger partial charge < -0.3 is 10.4 Å². The molecule has 0 bridgehead atoms. The van der Waals surface area contributed by atoms with Crippen molar-refractivity contribution in [1.29, 1.82) is 0 Å². The van der Waals surface area contributed by atoms with Gasteiger partial charge in [-0.3, -0.25) is 4.79 Å². The minimum Gasteiger partial charge on any atom is -0.480 e. The fraction of sp³-hybridized carbons (Fsp3) is 0.583. The highest BCUT2D eigenvalue weighted by atomic mass is 32.1. The SMILES string of the molecule is CCCC[C@H](NC(=O)c1sc(C)nc1C)C(=O)O. The summed E-state index contributed by atoms with van der Waals surface area (Å²) < 4.78 is 0. The van der Waals surface area contributed by atoms with Crippen molar-refractivity contribution < 1.29 is 14.7 Å². The third-order valence-corrected chi connectivity index (χ3v) is 3.63. The molecule has 0 aliphatic rings. The molecule has 1 atom stereocenters. The minimum atomic E-state index is -0.990. The van der Waals surface area contributed by atoms with Crippen LogP contribution in [0.1, 0.15) is 46.6 Å². The first-order valence-corrected chi connectivity index (χ1v) is 6.75. The number of carboxylic acids is 1. The van der Waals surface area contributed by atoms with Crippen molar-refractivity contribution in [3.05, 3.63) is 15.6 Å². The fourth-order valence-electron chi connectivity index (χ4n) is 1.63. The van der Waals surface area contributed by atoms with Crippen LogP contribution in [0.3, 0.4) is 0 Å². The lowest BCUT2D eigenvalue weighted by Crippen LogP contribution is -2.40. The van der Waals surface area contributed by atoms with Crippen LogP contribution in [0.25, 0.3) is 0 Å². The van der Waals surface area contributed by atoms with E-state index >= 15 is 0 Å². The minimum absolute atomic E-state index is 0.346. The first kappa shape index (κ1) is 14.6. The first-order chi connectivity index (χ1) is 8.45. The van der Waals surface area contributed by atoms with E-state index in [1.54, 1.807) is 6.92 Å². The normalized spacial score (nSPS) is 12.2. The number of aliphatic carboxylic acids is 1. The van der Waals surface area contributed by atoms with E-state index in [0.717, 1.165) is 17.8 Å². The van der Waals surface area contributed by atoms with E-state index in [1.807, 2.05) is 13.8 Å². The van der Waals surface area contributed by atoms with Crippen LogP contribution in [0.15, 0.2) is 0 Å². The Morgan fingerprint density at radius 2 is 2.11 bits per heavy atom. The molecule has 1 heterocycles.